The lowest BCUT2D eigenvalue weighted by molar-refractivity contribution is 0.0639. The van der Waals surface area contributed by atoms with Gasteiger partial charge in [0.2, 0.25) is 5.82 Å². The second-order valence-electron chi connectivity index (χ2n) is 6.18. The molecule has 1 aliphatic rings. The topological polar surface area (TPSA) is 82.1 Å². The van der Waals surface area contributed by atoms with Gasteiger partial charge in [0.25, 0.3) is 5.91 Å². The molecule has 0 spiro atoms. The van der Waals surface area contributed by atoms with E-state index in [4.69, 9.17) is 5.11 Å². The maximum absolute atomic E-state index is 12.3. The normalized spacial score (nSPS) is 17.8. The number of aliphatic hydroxyl groups is 1. The monoisotopic (exact) mass is 266 g/mol. The molecule has 0 bridgehead atoms. The van der Waals surface area contributed by atoms with Crippen molar-refractivity contribution >= 4 is 5.91 Å². The second-order valence-corrected chi connectivity index (χ2v) is 6.18. The smallest absolute Gasteiger partial charge is 0.293 e. The lowest BCUT2D eigenvalue weighted by atomic mass is 9.96. The van der Waals surface area contributed by atoms with E-state index < -0.39 is 0 Å². The molecule has 2 heterocycles. The molecule has 0 radical (unpaired) electrons. The molecule has 1 aromatic heterocycles. The van der Waals surface area contributed by atoms with Gasteiger partial charge < -0.3 is 10.0 Å². The number of hydrogen-bond donors (Lipinski definition) is 2. The number of hydrogen-bond acceptors (Lipinski definition) is 4. The van der Waals surface area contributed by atoms with Gasteiger partial charge in [-0.25, -0.2) is 4.98 Å². The van der Waals surface area contributed by atoms with Crippen molar-refractivity contribution in [2.75, 3.05) is 19.7 Å². The highest BCUT2D eigenvalue weighted by Gasteiger charge is 2.27. The number of H-pyrrole nitrogens is 1. The minimum Gasteiger partial charge on any atom is -0.396 e. The molecule has 0 aromatic carbocycles. The van der Waals surface area contributed by atoms with Gasteiger partial charge in [-0.3, -0.25) is 9.89 Å². The Morgan fingerprint density at radius 2 is 2.05 bits per heavy atom. The third-order valence-corrected chi connectivity index (χ3v) is 3.55. The fourth-order valence-corrected chi connectivity index (χ4v) is 2.15. The number of likely N-dealkylation sites (tertiary alicyclic amines) is 1. The van der Waals surface area contributed by atoms with E-state index in [1.807, 2.05) is 20.8 Å². The van der Waals surface area contributed by atoms with Crippen LogP contribution in [0.1, 0.15) is 50.1 Å². The molecule has 6 nitrogen and oxygen atoms in total. The molecule has 1 aliphatic heterocycles. The number of aromatic amines is 1. The number of aromatic nitrogens is 3. The van der Waals surface area contributed by atoms with Crippen molar-refractivity contribution in [2.45, 2.75) is 39.0 Å². The fourth-order valence-electron chi connectivity index (χ4n) is 2.15. The summed E-state index contributed by atoms with van der Waals surface area (Å²) in [5.41, 5.74) is -0.143. The fraction of sp³-hybridized carbons (Fsp3) is 0.769. The summed E-state index contributed by atoms with van der Waals surface area (Å²) in [6.45, 7) is 7.61. The molecule has 0 unspecified atom stereocenters. The van der Waals surface area contributed by atoms with E-state index in [9.17, 15) is 4.79 Å². The van der Waals surface area contributed by atoms with Crippen LogP contribution in [0.15, 0.2) is 0 Å². The highest BCUT2D eigenvalue weighted by molar-refractivity contribution is 5.90. The summed E-state index contributed by atoms with van der Waals surface area (Å²) in [7, 11) is 0. The minimum atomic E-state index is -0.143. The zero-order chi connectivity index (χ0) is 14.0. The molecule has 1 saturated heterocycles. The molecule has 1 fully saturated rings. The number of nitrogens with zero attached hydrogens (tertiary/aromatic N) is 3. The first-order valence-electron chi connectivity index (χ1n) is 6.75. The first kappa shape index (κ1) is 14.0. The number of carbonyl (C=O) groups is 1. The predicted molar refractivity (Wildman–Crippen MR) is 70.8 cm³/mol. The number of piperidine rings is 1. The Morgan fingerprint density at radius 3 is 2.53 bits per heavy atom. The average molecular weight is 266 g/mol. The molecule has 2 N–H and O–H groups in total. The van der Waals surface area contributed by atoms with Crippen LogP contribution in [0, 0.1) is 5.92 Å². The molecule has 0 aliphatic carbocycles. The Balaban J connectivity index is 2.02. The molecule has 1 aromatic rings. The molecule has 6 heteroatoms. The third-order valence-electron chi connectivity index (χ3n) is 3.55. The Morgan fingerprint density at radius 1 is 1.42 bits per heavy atom. The van der Waals surface area contributed by atoms with Crippen molar-refractivity contribution in [2.24, 2.45) is 5.92 Å². The number of amides is 1. The summed E-state index contributed by atoms with van der Waals surface area (Å²) in [5.74, 6) is 1.16. The van der Waals surface area contributed by atoms with Crippen molar-refractivity contribution in [1.29, 1.82) is 0 Å². The van der Waals surface area contributed by atoms with Crippen molar-refractivity contribution in [3.8, 4) is 0 Å². The van der Waals surface area contributed by atoms with Crippen LogP contribution in [0.25, 0.3) is 0 Å². The summed E-state index contributed by atoms with van der Waals surface area (Å²) in [6, 6.07) is 0. The van der Waals surface area contributed by atoms with Crippen molar-refractivity contribution < 1.29 is 9.90 Å². The van der Waals surface area contributed by atoms with E-state index in [0.29, 0.717) is 19.0 Å². The van der Waals surface area contributed by atoms with E-state index in [0.717, 1.165) is 18.7 Å². The average Bonchev–Trinajstić information content (AvgIpc) is 2.87. The van der Waals surface area contributed by atoms with Crippen LogP contribution in [-0.4, -0.2) is 50.8 Å². The van der Waals surface area contributed by atoms with Gasteiger partial charge in [0, 0.05) is 25.1 Å². The van der Waals surface area contributed by atoms with Crippen LogP contribution in [0.5, 0.6) is 0 Å². The van der Waals surface area contributed by atoms with Crippen LogP contribution in [0.3, 0.4) is 0 Å². The Bertz CT molecular complexity index is 442. The van der Waals surface area contributed by atoms with Crippen LogP contribution >= 0.6 is 0 Å². The zero-order valence-corrected chi connectivity index (χ0v) is 11.8. The molecule has 0 atom stereocenters. The van der Waals surface area contributed by atoms with E-state index in [1.165, 1.54) is 0 Å². The zero-order valence-electron chi connectivity index (χ0n) is 11.8. The van der Waals surface area contributed by atoms with Gasteiger partial charge in [0.1, 0.15) is 5.82 Å². The van der Waals surface area contributed by atoms with Gasteiger partial charge in [-0.2, -0.15) is 0 Å². The van der Waals surface area contributed by atoms with Crippen molar-refractivity contribution in [3.63, 3.8) is 0 Å². The summed E-state index contributed by atoms with van der Waals surface area (Å²) in [5, 5.41) is 15.9. The summed E-state index contributed by atoms with van der Waals surface area (Å²) in [4.78, 5) is 18.3. The summed E-state index contributed by atoms with van der Waals surface area (Å²) >= 11 is 0. The van der Waals surface area contributed by atoms with Gasteiger partial charge in [-0.05, 0) is 18.8 Å². The van der Waals surface area contributed by atoms with Gasteiger partial charge in [-0.1, -0.05) is 20.8 Å². The molecule has 106 valence electrons. The number of carbonyl (C=O) groups excluding carboxylic acids is 1. The maximum Gasteiger partial charge on any atom is 0.293 e. The number of rotatable bonds is 2. The molecule has 2 rings (SSSR count). The Labute approximate surface area is 113 Å². The van der Waals surface area contributed by atoms with Gasteiger partial charge in [-0.15, -0.1) is 5.10 Å². The van der Waals surface area contributed by atoms with Gasteiger partial charge in [0.15, 0.2) is 0 Å². The SMILES string of the molecule is CC(C)(C)c1nc(C(=O)N2CCC(CO)CC2)n[nH]1. The van der Waals surface area contributed by atoms with E-state index in [1.54, 1.807) is 4.90 Å². The van der Waals surface area contributed by atoms with Gasteiger partial charge in [0.05, 0.1) is 0 Å². The lowest BCUT2D eigenvalue weighted by Crippen LogP contribution is -2.39. The largest absolute Gasteiger partial charge is 0.396 e. The predicted octanol–water partition coefficient (Wildman–Crippen LogP) is 0.947. The van der Waals surface area contributed by atoms with E-state index >= 15 is 0 Å². The quantitative estimate of drug-likeness (QED) is 0.835. The highest BCUT2D eigenvalue weighted by Crippen LogP contribution is 2.20. The molecular weight excluding hydrogens is 244 g/mol. The maximum atomic E-state index is 12.3. The van der Waals surface area contributed by atoms with E-state index in [2.05, 4.69) is 15.2 Å². The summed E-state index contributed by atoms with van der Waals surface area (Å²) < 4.78 is 0. The van der Waals surface area contributed by atoms with Crippen LogP contribution in [0.4, 0.5) is 0 Å². The van der Waals surface area contributed by atoms with Crippen LogP contribution in [-0.2, 0) is 5.41 Å². The second kappa shape index (κ2) is 5.28. The highest BCUT2D eigenvalue weighted by atomic mass is 16.3. The summed E-state index contributed by atoms with van der Waals surface area (Å²) in [6.07, 6.45) is 1.69. The standard InChI is InChI=1S/C13H22N4O2/c1-13(2,3)12-14-10(15-16-12)11(19)17-6-4-9(8-18)5-7-17/h9,18H,4-8H2,1-3H3,(H,14,15,16). The van der Waals surface area contributed by atoms with Crippen LogP contribution in [0.2, 0.25) is 0 Å². The van der Waals surface area contributed by atoms with E-state index in [-0.39, 0.29) is 23.8 Å². The first-order valence-corrected chi connectivity index (χ1v) is 6.75. The Hall–Kier alpha value is -1.43. The Kier molecular flexibility index (Phi) is 3.89. The third kappa shape index (κ3) is 3.12. The molecule has 0 saturated carbocycles. The number of nitrogens with one attached hydrogen (secondary N) is 1. The lowest BCUT2D eigenvalue weighted by Gasteiger charge is -2.30. The van der Waals surface area contributed by atoms with Crippen molar-refractivity contribution in [1.82, 2.24) is 20.1 Å². The van der Waals surface area contributed by atoms with Crippen LogP contribution < -0.4 is 0 Å². The van der Waals surface area contributed by atoms with Gasteiger partial charge >= 0.3 is 0 Å². The minimum absolute atomic E-state index is 0.122. The molecule has 19 heavy (non-hydrogen) atoms. The molecular formula is C13H22N4O2. The molecule has 1 amide bonds. The van der Waals surface area contributed by atoms with Crippen molar-refractivity contribution in [3.05, 3.63) is 11.6 Å². The first-order chi connectivity index (χ1) is 8.91. The number of aliphatic hydroxyl groups excluding tert-OH is 1.